The number of hydrazine groups is 1. The summed E-state index contributed by atoms with van der Waals surface area (Å²) in [7, 11) is 0. The number of rotatable bonds is 3. The standard InChI is InChI=1S/C12H14N6O2S/c1-7-15-9-5-3-2-4-8(9)11(20)18(7)14-6-10(19)16-17-12(13)21/h2-5,14H,6H2,1H3,(H,16,19)(H3,13,17,21). The van der Waals surface area contributed by atoms with Gasteiger partial charge in [-0.2, -0.15) is 0 Å². The van der Waals surface area contributed by atoms with Gasteiger partial charge in [0.2, 0.25) is 0 Å². The summed E-state index contributed by atoms with van der Waals surface area (Å²) in [6.07, 6.45) is 0. The van der Waals surface area contributed by atoms with Crippen LogP contribution in [0.25, 0.3) is 10.9 Å². The number of amides is 1. The molecule has 1 aromatic carbocycles. The van der Waals surface area contributed by atoms with Crippen molar-refractivity contribution in [2.24, 2.45) is 5.73 Å². The van der Waals surface area contributed by atoms with Gasteiger partial charge < -0.3 is 11.2 Å². The minimum atomic E-state index is -0.428. The Morgan fingerprint density at radius 3 is 2.81 bits per heavy atom. The van der Waals surface area contributed by atoms with E-state index in [9.17, 15) is 9.59 Å². The van der Waals surface area contributed by atoms with Crippen LogP contribution < -0.4 is 27.6 Å². The molecule has 0 fully saturated rings. The molecule has 1 heterocycles. The Bertz CT molecular complexity index is 757. The number of hydrogen-bond acceptors (Lipinski definition) is 5. The zero-order valence-electron chi connectivity index (χ0n) is 11.2. The van der Waals surface area contributed by atoms with Gasteiger partial charge in [-0.05, 0) is 31.3 Å². The molecule has 0 aliphatic rings. The van der Waals surface area contributed by atoms with Crippen molar-refractivity contribution in [1.82, 2.24) is 20.5 Å². The second-order valence-electron chi connectivity index (χ2n) is 4.19. The molecule has 0 spiro atoms. The number of nitrogens with two attached hydrogens (primary N) is 1. The average molecular weight is 306 g/mol. The van der Waals surface area contributed by atoms with Crippen molar-refractivity contribution in [1.29, 1.82) is 0 Å². The third kappa shape index (κ3) is 3.45. The average Bonchev–Trinajstić information content (AvgIpc) is 2.45. The zero-order chi connectivity index (χ0) is 15.4. The minimum Gasteiger partial charge on any atom is -0.375 e. The molecule has 0 atom stereocenters. The summed E-state index contributed by atoms with van der Waals surface area (Å²) in [5.41, 5.74) is 12.8. The first kappa shape index (κ1) is 14.7. The van der Waals surface area contributed by atoms with E-state index < -0.39 is 5.91 Å². The summed E-state index contributed by atoms with van der Waals surface area (Å²) in [4.78, 5) is 28.1. The molecule has 0 aliphatic heterocycles. The van der Waals surface area contributed by atoms with Crippen LogP contribution in [0.15, 0.2) is 29.1 Å². The minimum absolute atomic E-state index is 0.0518. The topological polar surface area (TPSA) is 114 Å². The first-order chi connectivity index (χ1) is 9.99. The highest BCUT2D eigenvalue weighted by molar-refractivity contribution is 7.80. The monoisotopic (exact) mass is 306 g/mol. The molecule has 5 N–H and O–H groups in total. The molecule has 2 rings (SSSR count). The van der Waals surface area contributed by atoms with E-state index in [0.29, 0.717) is 16.7 Å². The van der Waals surface area contributed by atoms with Crippen molar-refractivity contribution < 1.29 is 4.79 Å². The van der Waals surface area contributed by atoms with Crippen LogP contribution in [0.1, 0.15) is 5.82 Å². The van der Waals surface area contributed by atoms with Gasteiger partial charge in [-0.25, -0.2) is 9.66 Å². The maximum absolute atomic E-state index is 12.3. The van der Waals surface area contributed by atoms with Crippen LogP contribution in [0.4, 0.5) is 0 Å². The molecule has 0 saturated carbocycles. The van der Waals surface area contributed by atoms with Crippen molar-refractivity contribution in [2.45, 2.75) is 6.92 Å². The number of nitrogens with zero attached hydrogens (tertiary/aromatic N) is 2. The van der Waals surface area contributed by atoms with E-state index in [1.165, 1.54) is 4.68 Å². The predicted octanol–water partition coefficient (Wildman–Crippen LogP) is -0.887. The van der Waals surface area contributed by atoms with Crippen LogP contribution in [0.2, 0.25) is 0 Å². The number of fused-ring (bicyclic) bond motifs is 1. The second-order valence-corrected chi connectivity index (χ2v) is 4.63. The summed E-state index contributed by atoms with van der Waals surface area (Å²) < 4.78 is 1.22. The number of benzene rings is 1. The molecule has 9 heteroatoms. The number of carbonyl (C=O) groups excluding carboxylic acids is 1. The van der Waals surface area contributed by atoms with Crippen molar-refractivity contribution in [3.05, 3.63) is 40.4 Å². The van der Waals surface area contributed by atoms with Gasteiger partial charge in [0.25, 0.3) is 11.5 Å². The lowest BCUT2D eigenvalue weighted by Crippen LogP contribution is -2.48. The summed E-state index contributed by atoms with van der Waals surface area (Å²) in [5, 5.41) is 0.418. The smallest absolute Gasteiger partial charge is 0.279 e. The van der Waals surface area contributed by atoms with E-state index in [-0.39, 0.29) is 17.2 Å². The lowest BCUT2D eigenvalue weighted by Gasteiger charge is -2.13. The quantitative estimate of drug-likeness (QED) is 0.430. The Morgan fingerprint density at radius 1 is 1.38 bits per heavy atom. The normalized spacial score (nSPS) is 10.1. The van der Waals surface area contributed by atoms with Gasteiger partial charge in [0, 0.05) is 0 Å². The highest BCUT2D eigenvalue weighted by Crippen LogP contribution is 2.06. The maximum atomic E-state index is 12.3. The molecule has 110 valence electrons. The molecule has 21 heavy (non-hydrogen) atoms. The third-order valence-electron chi connectivity index (χ3n) is 2.67. The fourth-order valence-electron chi connectivity index (χ4n) is 1.76. The van der Waals surface area contributed by atoms with Gasteiger partial charge in [0.15, 0.2) is 5.11 Å². The lowest BCUT2D eigenvalue weighted by atomic mass is 10.2. The first-order valence-corrected chi connectivity index (χ1v) is 6.46. The Balaban J connectivity index is 2.17. The summed E-state index contributed by atoms with van der Waals surface area (Å²) in [5.74, 6) is 0.0241. The van der Waals surface area contributed by atoms with Gasteiger partial charge in [-0.15, -0.1) is 0 Å². The van der Waals surface area contributed by atoms with Crippen molar-refractivity contribution >= 4 is 34.1 Å². The number of aryl methyl sites for hydroxylation is 1. The molecule has 0 radical (unpaired) electrons. The number of thiocarbonyl (C=S) groups is 1. The van der Waals surface area contributed by atoms with Crippen LogP contribution in [0.5, 0.6) is 0 Å². The second kappa shape index (κ2) is 6.18. The Hall–Kier alpha value is -2.68. The first-order valence-electron chi connectivity index (χ1n) is 6.05. The molecular formula is C12H14N6O2S. The van der Waals surface area contributed by atoms with Gasteiger partial charge in [0.1, 0.15) is 12.4 Å². The van der Waals surface area contributed by atoms with Crippen molar-refractivity contribution in [3.63, 3.8) is 0 Å². The SMILES string of the molecule is Cc1nc2ccccc2c(=O)n1NCC(=O)NNC(N)=S. The lowest BCUT2D eigenvalue weighted by molar-refractivity contribution is -0.120. The maximum Gasteiger partial charge on any atom is 0.279 e. The number of carbonyl (C=O) groups is 1. The number of aromatic nitrogens is 2. The molecule has 1 aromatic heterocycles. The zero-order valence-corrected chi connectivity index (χ0v) is 12.0. The highest BCUT2D eigenvalue weighted by atomic mass is 32.1. The van der Waals surface area contributed by atoms with E-state index in [0.717, 1.165) is 0 Å². The van der Waals surface area contributed by atoms with Crippen molar-refractivity contribution in [3.8, 4) is 0 Å². The molecule has 0 bridgehead atoms. The van der Waals surface area contributed by atoms with E-state index in [2.05, 4.69) is 33.5 Å². The van der Waals surface area contributed by atoms with Crippen LogP contribution >= 0.6 is 12.2 Å². The van der Waals surface area contributed by atoms with E-state index in [1.54, 1.807) is 31.2 Å². The molecule has 0 unspecified atom stereocenters. The van der Waals surface area contributed by atoms with Crippen molar-refractivity contribution in [2.75, 3.05) is 12.0 Å². The number of hydrogen-bond donors (Lipinski definition) is 4. The number of nitrogens with one attached hydrogen (secondary N) is 3. The molecule has 0 saturated heterocycles. The predicted molar refractivity (Wildman–Crippen MR) is 83.0 cm³/mol. The Kier molecular flexibility index (Phi) is 4.33. The molecule has 0 aliphatic carbocycles. The Morgan fingerprint density at radius 2 is 2.10 bits per heavy atom. The van der Waals surface area contributed by atoms with E-state index in [1.807, 2.05) is 0 Å². The highest BCUT2D eigenvalue weighted by Gasteiger charge is 2.08. The molecular weight excluding hydrogens is 292 g/mol. The van der Waals surface area contributed by atoms with Gasteiger partial charge >= 0.3 is 0 Å². The molecule has 1 amide bonds. The largest absolute Gasteiger partial charge is 0.375 e. The summed E-state index contributed by atoms with van der Waals surface area (Å²) >= 11 is 4.55. The Labute approximate surface area is 125 Å². The summed E-state index contributed by atoms with van der Waals surface area (Å²) in [6, 6.07) is 6.99. The van der Waals surface area contributed by atoms with Gasteiger partial charge in [0.05, 0.1) is 10.9 Å². The molecule has 8 nitrogen and oxygen atoms in total. The van der Waals surface area contributed by atoms with Crippen LogP contribution in [-0.4, -0.2) is 27.2 Å². The summed E-state index contributed by atoms with van der Waals surface area (Å²) in [6.45, 7) is 1.53. The fourth-order valence-corrected chi connectivity index (χ4v) is 1.81. The third-order valence-corrected chi connectivity index (χ3v) is 2.77. The van der Waals surface area contributed by atoms with Crippen LogP contribution in [-0.2, 0) is 4.79 Å². The van der Waals surface area contributed by atoms with Gasteiger partial charge in [-0.3, -0.25) is 20.4 Å². The van der Waals surface area contributed by atoms with Crippen LogP contribution in [0.3, 0.4) is 0 Å². The van der Waals surface area contributed by atoms with Crippen LogP contribution in [0, 0.1) is 6.92 Å². The fraction of sp³-hybridized carbons (Fsp3) is 0.167. The molecule has 2 aromatic rings. The van der Waals surface area contributed by atoms with E-state index >= 15 is 0 Å². The van der Waals surface area contributed by atoms with E-state index in [4.69, 9.17) is 5.73 Å². The number of para-hydroxylation sites is 1. The van der Waals surface area contributed by atoms with Gasteiger partial charge in [-0.1, -0.05) is 12.1 Å².